The molecule has 1 aromatic rings. The molecule has 1 rings (SSSR count). The first-order valence-electron chi connectivity index (χ1n) is 7.56. The van der Waals surface area contributed by atoms with E-state index in [-0.39, 0.29) is 12.5 Å². The largest absolute Gasteiger partial charge is 0.396 e. The summed E-state index contributed by atoms with van der Waals surface area (Å²) in [6.07, 6.45) is 1.08. The standard InChI is InChI=1S/C17H29N3O/c1-17(2,3)10-11-19-16(18-4)20-12-15(13-21)14-8-6-5-7-9-14/h5-9,15,21H,10-13H2,1-4H3,(H2,18,19,20). The molecule has 0 spiro atoms. The van der Waals surface area contributed by atoms with Crippen LogP contribution >= 0.6 is 0 Å². The zero-order valence-corrected chi connectivity index (χ0v) is 13.7. The number of rotatable bonds is 6. The van der Waals surface area contributed by atoms with Crippen LogP contribution in [0.5, 0.6) is 0 Å². The third-order valence-corrected chi connectivity index (χ3v) is 3.40. The van der Waals surface area contributed by atoms with Crippen molar-refractivity contribution in [3.8, 4) is 0 Å². The first-order chi connectivity index (χ1) is 9.96. The molecule has 0 aliphatic carbocycles. The Hall–Kier alpha value is -1.55. The van der Waals surface area contributed by atoms with Gasteiger partial charge < -0.3 is 15.7 Å². The van der Waals surface area contributed by atoms with Crippen LogP contribution in [0, 0.1) is 5.41 Å². The molecule has 1 atom stereocenters. The maximum absolute atomic E-state index is 9.55. The Balaban J connectivity index is 2.43. The number of aliphatic imine (C=N–C) groups is 1. The molecule has 0 aliphatic rings. The Morgan fingerprint density at radius 3 is 2.38 bits per heavy atom. The van der Waals surface area contributed by atoms with Crippen molar-refractivity contribution < 1.29 is 5.11 Å². The number of benzene rings is 1. The van der Waals surface area contributed by atoms with E-state index < -0.39 is 0 Å². The number of aliphatic hydroxyl groups excluding tert-OH is 1. The van der Waals surface area contributed by atoms with Gasteiger partial charge in [0, 0.05) is 26.1 Å². The average molecular weight is 291 g/mol. The summed E-state index contributed by atoms with van der Waals surface area (Å²) < 4.78 is 0. The highest BCUT2D eigenvalue weighted by molar-refractivity contribution is 5.79. The Morgan fingerprint density at radius 2 is 1.86 bits per heavy atom. The lowest BCUT2D eigenvalue weighted by Gasteiger charge is -2.21. The van der Waals surface area contributed by atoms with E-state index in [1.165, 1.54) is 0 Å². The first-order valence-corrected chi connectivity index (χ1v) is 7.56. The molecule has 1 aromatic carbocycles. The van der Waals surface area contributed by atoms with Crippen molar-refractivity contribution in [1.29, 1.82) is 0 Å². The predicted molar refractivity (Wildman–Crippen MR) is 89.7 cm³/mol. The normalized spacial score (nSPS) is 13.9. The van der Waals surface area contributed by atoms with Crippen LogP contribution in [0.25, 0.3) is 0 Å². The number of hydrogen-bond acceptors (Lipinski definition) is 2. The third-order valence-electron chi connectivity index (χ3n) is 3.40. The van der Waals surface area contributed by atoms with Crippen LogP contribution in [0.1, 0.15) is 38.7 Å². The van der Waals surface area contributed by atoms with Gasteiger partial charge in [0.15, 0.2) is 5.96 Å². The molecule has 1 unspecified atom stereocenters. The summed E-state index contributed by atoms with van der Waals surface area (Å²) in [5.74, 6) is 0.862. The lowest BCUT2D eigenvalue weighted by molar-refractivity contribution is 0.265. The van der Waals surface area contributed by atoms with Crippen molar-refractivity contribution in [2.24, 2.45) is 10.4 Å². The minimum absolute atomic E-state index is 0.0763. The highest BCUT2D eigenvalue weighted by Crippen LogP contribution is 2.17. The van der Waals surface area contributed by atoms with Gasteiger partial charge in [-0.3, -0.25) is 4.99 Å². The van der Waals surface area contributed by atoms with Gasteiger partial charge >= 0.3 is 0 Å². The molecule has 0 bridgehead atoms. The highest BCUT2D eigenvalue weighted by Gasteiger charge is 2.12. The Bertz CT molecular complexity index is 423. The third kappa shape index (κ3) is 7.14. The maximum atomic E-state index is 9.55. The molecular weight excluding hydrogens is 262 g/mol. The SMILES string of the molecule is CN=C(NCCC(C)(C)C)NCC(CO)c1ccccc1. The highest BCUT2D eigenvalue weighted by atomic mass is 16.3. The molecule has 21 heavy (non-hydrogen) atoms. The van der Waals surface area contributed by atoms with Gasteiger partial charge in [-0.25, -0.2) is 0 Å². The van der Waals surface area contributed by atoms with Gasteiger partial charge in [-0.05, 0) is 17.4 Å². The molecule has 3 N–H and O–H groups in total. The predicted octanol–water partition coefficient (Wildman–Crippen LogP) is 2.36. The number of guanidine groups is 1. The van der Waals surface area contributed by atoms with E-state index in [0.717, 1.165) is 24.5 Å². The van der Waals surface area contributed by atoms with Gasteiger partial charge in [-0.2, -0.15) is 0 Å². The van der Waals surface area contributed by atoms with Crippen LogP contribution in [0.4, 0.5) is 0 Å². The molecule has 4 nitrogen and oxygen atoms in total. The molecule has 0 fully saturated rings. The molecule has 0 aromatic heterocycles. The van der Waals surface area contributed by atoms with E-state index in [4.69, 9.17) is 0 Å². The summed E-state index contributed by atoms with van der Waals surface area (Å²) >= 11 is 0. The van der Waals surface area contributed by atoms with E-state index in [0.29, 0.717) is 12.0 Å². The molecule has 0 radical (unpaired) electrons. The summed E-state index contributed by atoms with van der Waals surface area (Å²) in [6, 6.07) is 10.1. The maximum Gasteiger partial charge on any atom is 0.190 e. The fourth-order valence-electron chi connectivity index (χ4n) is 2.01. The number of nitrogens with one attached hydrogen (secondary N) is 2. The van der Waals surface area contributed by atoms with Crippen molar-refractivity contribution >= 4 is 5.96 Å². The second-order valence-corrected chi connectivity index (χ2v) is 6.48. The molecule has 0 heterocycles. The van der Waals surface area contributed by atoms with Crippen molar-refractivity contribution in [3.05, 3.63) is 35.9 Å². The molecule has 4 heteroatoms. The summed E-state index contributed by atoms with van der Waals surface area (Å²) in [6.45, 7) is 8.34. The van der Waals surface area contributed by atoms with Crippen molar-refractivity contribution in [1.82, 2.24) is 10.6 Å². The van der Waals surface area contributed by atoms with E-state index in [2.05, 4.69) is 36.4 Å². The van der Waals surface area contributed by atoms with Gasteiger partial charge in [-0.1, -0.05) is 51.1 Å². The molecular formula is C17H29N3O. The van der Waals surface area contributed by atoms with E-state index in [9.17, 15) is 5.11 Å². The smallest absolute Gasteiger partial charge is 0.190 e. The van der Waals surface area contributed by atoms with E-state index >= 15 is 0 Å². The van der Waals surface area contributed by atoms with E-state index in [1.54, 1.807) is 7.05 Å². The number of aliphatic hydroxyl groups is 1. The second-order valence-electron chi connectivity index (χ2n) is 6.48. The molecule has 0 amide bonds. The van der Waals surface area contributed by atoms with Crippen molar-refractivity contribution in [2.75, 3.05) is 26.7 Å². The first kappa shape index (κ1) is 17.5. The van der Waals surface area contributed by atoms with Gasteiger partial charge in [0.1, 0.15) is 0 Å². The van der Waals surface area contributed by atoms with Crippen LogP contribution < -0.4 is 10.6 Å². The van der Waals surface area contributed by atoms with Gasteiger partial charge in [0.05, 0.1) is 6.61 Å². The van der Waals surface area contributed by atoms with Crippen LogP contribution in [0.2, 0.25) is 0 Å². The van der Waals surface area contributed by atoms with Gasteiger partial charge in [-0.15, -0.1) is 0 Å². The quantitative estimate of drug-likeness (QED) is 0.557. The van der Waals surface area contributed by atoms with Crippen LogP contribution in [-0.4, -0.2) is 37.8 Å². The molecule has 0 aliphatic heterocycles. The summed E-state index contributed by atoms with van der Waals surface area (Å²) in [4.78, 5) is 4.22. The zero-order valence-electron chi connectivity index (χ0n) is 13.7. The second kappa shape index (κ2) is 8.67. The summed E-state index contributed by atoms with van der Waals surface area (Å²) in [5, 5.41) is 16.1. The Kier molecular flexibility index (Phi) is 7.23. The Labute approximate surface area is 128 Å². The lowest BCUT2D eigenvalue weighted by atomic mass is 9.92. The van der Waals surface area contributed by atoms with Crippen LogP contribution in [0.3, 0.4) is 0 Å². The molecule has 0 saturated heterocycles. The molecule has 0 saturated carbocycles. The van der Waals surface area contributed by atoms with Gasteiger partial charge in [0.2, 0.25) is 0 Å². The fraction of sp³-hybridized carbons (Fsp3) is 0.588. The summed E-state index contributed by atoms with van der Waals surface area (Å²) in [5.41, 5.74) is 1.45. The number of nitrogens with zero attached hydrogens (tertiary/aromatic N) is 1. The average Bonchev–Trinajstić information content (AvgIpc) is 2.46. The van der Waals surface area contributed by atoms with Crippen LogP contribution in [-0.2, 0) is 0 Å². The lowest BCUT2D eigenvalue weighted by Crippen LogP contribution is -2.40. The number of hydrogen-bond donors (Lipinski definition) is 3. The zero-order chi connectivity index (χ0) is 15.7. The monoisotopic (exact) mass is 291 g/mol. The minimum Gasteiger partial charge on any atom is -0.396 e. The summed E-state index contributed by atoms with van der Waals surface area (Å²) in [7, 11) is 1.77. The Morgan fingerprint density at radius 1 is 1.19 bits per heavy atom. The molecule has 118 valence electrons. The van der Waals surface area contributed by atoms with Crippen molar-refractivity contribution in [2.45, 2.75) is 33.1 Å². The van der Waals surface area contributed by atoms with Crippen LogP contribution in [0.15, 0.2) is 35.3 Å². The minimum atomic E-state index is 0.0763. The van der Waals surface area contributed by atoms with Crippen molar-refractivity contribution in [3.63, 3.8) is 0 Å². The topological polar surface area (TPSA) is 56.7 Å². The fourth-order valence-corrected chi connectivity index (χ4v) is 2.01. The van der Waals surface area contributed by atoms with E-state index in [1.807, 2.05) is 30.3 Å². The van der Waals surface area contributed by atoms with Gasteiger partial charge in [0.25, 0.3) is 0 Å².